The first kappa shape index (κ1) is 15.3. The molecule has 1 aliphatic rings. The fourth-order valence-electron chi connectivity index (χ4n) is 2.79. The van der Waals surface area contributed by atoms with E-state index in [0.717, 1.165) is 25.7 Å². The highest BCUT2D eigenvalue weighted by atomic mass is 16.3. The van der Waals surface area contributed by atoms with Crippen molar-refractivity contribution < 1.29 is 9.90 Å². The number of hydrogen-bond donors (Lipinski definition) is 2. The van der Waals surface area contributed by atoms with Crippen LogP contribution in [0.25, 0.3) is 0 Å². The van der Waals surface area contributed by atoms with Crippen molar-refractivity contribution in [2.75, 3.05) is 13.2 Å². The maximum Gasteiger partial charge on any atom is 0.317 e. The Morgan fingerprint density at radius 3 is 2.39 bits per heavy atom. The highest BCUT2D eigenvalue weighted by Crippen LogP contribution is 2.18. The van der Waals surface area contributed by atoms with Crippen molar-refractivity contribution in [2.24, 2.45) is 0 Å². The van der Waals surface area contributed by atoms with Crippen LogP contribution in [0, 0.1) is 0 Å². The van der Waals surface area contributed by atoms with Gasteiger partial charge in [0.2, 0.25) is 0 Å². The van der Waals surface area contributed by atoms with E-state index in [2.05, 4.69) is 19.2 Å². The van der Waals surface area contributed by atoms with Gasteiger partial charge in [-0.15, -0.1) is 0 Å². The van der Waals surface area contributed by atoms with Gasteiger partial charge in [-0.25, -0.2) is 4.79 Å². The largest absolute Gasteiger partial charge is 0.395 e. The minimum Gasteiger partial charge on any atom is -0.395 e. The highest BCUT2D eigenvalue weighted by Gasteiger charge is 2.23. The Balaban J connectivity index is 2.52. The van der Waals surface area contributed by atoms with Crippen LogP contribution in [0.15, 0.2) is 0 Å². The van der Waals surface area contributed by atoms with Crippen molar-refractivity contribution in [1.29, 1.82) is 0 Å². The van der Waals surface area contributed by atoms with Crippen molar-refractivity contribution in [2.45, 2.75) is 70.9 Å². The highest BCUT2D eigenvalue weighted by molar-refractivity contribution is 5.74. The van der Waals surface area contributed by atoms with Crippen LogP contribution in [-0.2, 0) is 0 Å². The smallest absolute Gasteiger partial charge is 0.317 e. The van der Waals surface area contributed by atoms with Crippen LogP contribution in [0.3, 0.4) is 0 Å². The van der Waals surface area contributed by atoms with E-state index in [9.17, 15) is 4.79 Å². The van der Waals surface area contributed by atoms with E-state index in [0.29, 0.717) is 12.6 Å². The molecule has 0 aliphatic heterocycles. The Bertz CT molecular complexity index is 236. The predicted molar refractivity (Wildman–Crippen MR) is 73.6 cm³/mol. The summed E-state index contributed by atoms with van der Waals surface area (Å²) in [4.78, 5) is 14.1. The van der Waals surface area contributed by atoms with Gasteiger partial charge in [0.25, 0.3) is 0 Å². The molecule has 1 rings (SSSR count). The second kappa shape index (κ2) is 8.35. The molecule has 0 radical (unpaired) electrons. The number of carbonyl (C=O) groups is 1. The Hall–Kier alpha value is -0.770. The number of hydrogen-bond acceptors (Lipinski definition) is 2. The zero-order chi connectivity index (χ0) is 13.4. The molecular weight excluding hydrogens is 228 g/mol. The molecule has 0 bridgehead atoms. The Labute approximate surface area is 111 Å². The summed E-state index contributed by atoms with van der Waals surface area (Å²) in [5.41, 5.74) is 0. The fraction of sp³-hybridized carbons (Fsp3) is 0.929. The number of aliphatic hydroxyl groups is 1. The third kappa shape index (κ3) is 4.48. The third-order valence-corrected chi connectivity index (χ3v) is 3.92. The molecule has 4 heteroatoms. The average molecular weight is 256 g/mol. The monoisotopic (exact) mass is 256 g/mol. The second-order valence-electron chi connectivity index (χ2n) is 5.17. The summed E-state index contributed by atoms with van der Waals surface area (Å²) >= 11 is 0. The third-order valence-electron chi connectivity index (χ3n) is 3.92. The van der Waals surface area contributed by atoms with Crippen molar-refractivity contribution in [3.8, 4) is 0 Å². The first-order valence-electron chi connectivity index (χ1n) is 7.40. The summed E-state index contributed by atoms with van der Waals surface area (Å²) in [6.45, 7) is 4.65. The average Bonchev–Trinajstić information content (AvgIpc) is 2.40. The van der Waals surface area contributed by atoms with Crippen molar-refractivity contribution in [3.05, 3.63) is 0 Å². The lowest BCUT2D eigenvalue weighted by Crippen LogP contribution is -2.50. The molecular formula is C14H28N2O2. The molecule has 1 aliphatic carbocycles. The van der Waals surface area contributed by atoms with Crippen LogP contribution in [0.1, 0.15) is 58.8 Å². The van der Waals surface area contributed by atoms with E-state index in [4.69, 9.17) is 5.11 Å². The van der Waals surface area contributed by atoms with E-state index in [1.54, 1.807) is 4.90 Å². The number of amides is 2. The molecule has 0 aromatic carbocycles. The molecule has 0 heterocycles. The van der Waals surface area contributed by atoms with Crippen molar-refractivity contribution >= 4 is 6.03 Å². The molecule has 2 amide bonds. The van der Waals surface area contributed by atoms with E-state index in [1.165, 1.54) is 19.3 Å². The molecule has 0 spiro atoms. The molecule has 0 saturated heterocycles. The molecule has 0 aromatic heterocycles. The lowest BCUT2D eigenvalue weighted by atomic mass is 9.96. The predicted octanol–water partition coefficient (Wildman–Crippen LogP) is 2.51. The summed E-state index contributed by atoms with van der Waals surface area (Å²) in [5, 5.41) is 12.2. The normalized spacial score (nSPS) is 16.9. The summed E-state index contributed by atoms with van der Waals surface area (Å²) < 4.78 is 0. The first-order chi connectivity index (χ1) is 8.72. The summed E-state index contributed by atoms with van der Waals surface area (Å²) in [5.74, 6) is 0. The topological polar surface area (TPSA) is 52.6 Å². The molecule has 0 atom stereocenters. The van der Waals surface area contributed by atoms with Gasteiger partial charge in [-0.05, 0) is 25.7 Å². The van der Waals surface area contributed by atoms with Crippen molar-refractivity contribution in [3.63, 3.8) is 0 Å². The van der Waals surface area contributed by atoms with Gasteiger partial charge in [0.15, 0.2) is 0 Å². The molecule has 0 aromatic rings. The van der Waals surface area contributed by atoms with Gasteiger partial charge in [-0.2, -0.15) is 0 Å². The molecule has 1 fully saturated rings. The first-order valence-corrected chi connectivity index (χ1v) is 7.40. The zero-order valence-corrected chi connectivity index (χ0v) is 11.8. The standard InChI is InChI=1S/C14H28N2O2/c1-3-13(4-2)16(10-11-17)14(18)15-12-8-6-5-7-9-12/h12-13,17H,3-11H2,1-2H3,(H,15,18). The molecule has 106 valence electrons. The summed E-state index contributed by atoms with van der Waals surface area (Å²) in [6.07, 6.45) is 7.80. The number of urea groups is 1. The van der Waals surface area contributed by atoms with Gasteiger partial charge in [0.1, 0.15) is 0 Å². The van der Waals surface area contributed by atoms with Crippen LogP contribution in [-0.4, -0.2) is 41.3 Å². The summed E-state index contributed by atoms with van der Waals surface area (Å²) in [7, 11) is 0. The minimum absolute atomic E-state index is 0.00431. The molecule has 2 N–H and O–H groups in total. The van der Waals surface area contributed by atoms with Crippen LogP contribution in [0.4, 0.5) is 4.79 Å². The summed E-state index contributed by atoms with van der Waals surface area (Å²) in [6, 6.07) is 0.576. The lowest BCUT2D eigenvalue weighted by Gasteiger charge is -2.33. The number of nitrogens with one attached hydrogen (secondary N) is 1. The van der Waals surface area contributed by atoms with E-state index in [-0.39, 0.29) is 18.7 Å². The maximum atomic E-state index is 12.3. The molecule has 0 unspecified atom stereocenters. The van der Waals surface area contributed by atoms with E-state index < -0.39 is 0 Å². The van der Waals surface area contributed by atoms with Gasteiger partial charge >= 0.3 is 6.03 Å². The zero-order valence-electron chi connectivity index (χ0n) is 11.8. The van der Waals surface area contributed by atoms with Crippen LogP contribution < -0.4 is 5.32 Å². The molecule has 1 saturated carbocycles. The lowest BCUT2D eigenvalue weighted by molar-refractivity contribution is 0.143. The number of nitrogens with zero attached hydrogens (tertiary/aromatic N) is 1. The van der Waals surface area contributed by atoms with Gasteiger partial charge in [-0.3, -0.25) is 0 Å². The van der Waals surface area contributed by atoms with Crippen molar-refractivity contribution in [1.82, 2.24) is 10.2 Å². The number of aliphatic hydroxyl groups excluding tert-OH is 1. The van der Waals surface area contributed by atoms with Gasteiger partial charge in [-0.1, -0.05) is 33.1 Å². The Morgan fingerprint density at radius 1 is 1.28 bits per heavy atom. The van der Waals surface area contributed by atoms with Gasteiger partial charge in [0.05, 0.1) is 6.61 Å². The molecule has 4 nitrogen and oxygen atoms in total. The number of carbonyl (C=O) groups excluding carboxylic acids is 1. The fourth-order valence-corrected chi connectivity index (χ4v) is 2.79. The van der Waals surface area contributed by atoms with Crippen LogP contribution in [0.2, 0.25) is 0 Å². The number of rotatable bonds is 6. The van der Waals surface area contributed by atoms with E-state index >= 15 is 0 Å². The molecule has 18 heavy (non-hydrogen) atoms. The second-order valence-corrected chi connectivity index (χ2v) is 5.17. The maximum absolute atomic E-state index is 12.3. The quantitative estimate of drug-likeness (QED) is 0.767. The minimum atomic E-state index is 0.00431. The van der Waals surface area contributed by atoms with Crippen LogP contribution >= 0.6 is 0 Å². The Morgan fingerprint density at radius 2 is 1.89 bits per heavy atom. The van der Waals surface area contributed by atoms with Gasteiger partial charge in [0, 0.05) is 18.6 Å². The van der Waals surface area contributed by atoms with E-state index in [1.807, 2.05) is 0 Å². The van der Waals surface area contributed by atoms with Gasteiger partial charge < -0.3 is 15.3 Å². The van der Waals surface area contributed by atoms with Crippen LogP contribution in [0.5, 0.6) is 0 Å². The Kier molecular flexibility index (Phi) is 7.09. The SMILES string of the molecule is CCC(CC)N(CCO)C(=O)NC1CCCCC1.